The molecule has 4 heteroatoms. The van der Waals surface area contributed by atoms with Crippen LogP contribution in [0.3, 0.4) is 0 Å². The lowest BCUT2D eigenvalue weighted by Crippen LogP contribution is -1.95. The van der Waals surface area contributed by atoms with Gasteiger partial charge in [0.05, 0.1) is 23.3 Å². The Balaban J connectivity index is 1.92. The highest BCUT2D eigenvalue weighted by Gasteiger charge is 2.04. The van der Waals surface area contributed by atoms with E-state index in [1.54, 1.807) is 6.07 Å². The third-order valence-corrected chi connectivity index (χ3v) is 3.40. The van der Waals surface area contributed by atoms with Crippen LogP contribution in [0.25, 0.3) is 0 Å². The summed E-state index contributed by atoms with van der Waals surface area (Å²) in [5, 5.41) is 1.10. The predicted octanol–water partition coefficient (Wildman–Crippen LogP) is 4.29. The first kappa shape index (κ1) is 13.2. The van der Waals surface area contributed by atoms with E-state index < -0.39 is 0 Å². The van der Waals surface area contributed by atoms with Crippen molar-refractivity contribution < 1.29 is 4.74 Å². The number of halogens is 2. The Morgan fingerprint density at radius 1 is 0.944 bits per heavy atom. The summed E-state index contributed by atoms with van der Waals surface area (Å²) in [6, 6.07) is 13.1. The normalized spacial score (nSPS) is 10.6. The monoisotopic (exact) mass is 281 g/mol. The first-order valence-electron chi connectivity index (χ1n) is 5.52. The number of hydrogen-bond donors (Lipinski definition) is 1. The first-order valence-corrected chi connectivity index (χ1v) is 6.27. The molecule has 0 aliphatic heterocycles. The van der Waals surface area contributed by atoms with Crippen molar-refractivity contribution in [3.63, 3.8) is 0 Å². The lowest BCUT2D eigenvalue weighted by molar-refractivity contribution is 0.107. The summed E-state index contributed by atoms with van der Waals surface area (Å²) < 4.78 is 5.60. The van der Waals surface area contributed by atoms with E-state index >= 15 is 0 Å². The molecule has 0 unspecified atom stereocenters. The zero-order chi connectivity index (χ0) is 13.0. The minimum Gasteiger partial charge on any atom is -0.399 e. The van der Waals surface area contributed by atoms with Gasteiger partial charge in [0.15, 0.2) is 0 Å². The molecule has 0 saturated heterocycles. The lowest BCUT2D eigenvalue weighted by Gasteiger charge is -2.07. The Labute approximate surface area is 116 Å². The van der Waals surface area contributed by atoms with E-state index in [4.69, 9.17) is 33.7 Å². The molecule has 0 aliphatic carbocycles. The van der Waals surface area contributed by atoms with Gasteiger partial charge in [0.2, 0.25) is 0 Å². The number of hydrogen-bond acceptors (Lipinski definition) is 2. The quantitative estimate of drug-likeness (QED) is 0.849. The van der Waals surface area contributed by atoms with Crippen molar-refractivity contribution in [2.24, 2.45) is 0 Å². The van der Waals surface area contributed by atoms with E-state index in [1.807, 2.05) is 36.4 Å². The number of rotatable bonds is 4. The summed E-state index contributed by atoms with van der Waals surface area (Å²) in [5.74, 6) is 0. The highest BCUT2D eigenvalue weighted by molar-refractivity contribution is 6.42. The van der Waals surface area contributed by atoms with E-state index in [2.05, 4.69) is 0 Å². The number of benzene rings is 2. The summed E-state index contributed by atoms with van der Waals surface area (Å²) in [6.45, 7) is 0.951. The van der Waals surface area contributed by atoms with Crippen LogP contribution in [0.4, 0.5) is 5.69 Å². The second-order valence-corrected chi connectivity index (χ2v) is 4.73. The second-order valence-electron chi connectivity index (χ2n) is 3.95. The van der Waals surface area contributed by atoms with Crippen LogP contribution in [-0.4, -0.2) is 0 Å². The van der Waals surface area contributed by atoms with Crippen molar-refractivity contribution in [1.29, 1.82) is 0 Å². The minimum atomic E-state index is 0.434. The van der Waals surface area contributed by atoms with Gasteiger partial charge in [-0.25, -0.2) is 0 Å². The maximum atomic E-state index is 6.07. The van der Waals surface area contributed by atoms with Crippen molar-refractivity contribution in [2.45, 2.75) is 13.2 Å². The van der Waals surface area contributed by atoms with Gasteiger partial charge in [-0.3, -0.25) is 0 Å². The van der Waals surface area contributed by atoms with Gasteiger partial charge in [0.25, 0.3) is 0 Å². The summed E-state index contributed by atoms with van der Waals surface area (Å²) in [5.41, 5.74) is 8.32. The van der Waals surface area contributed by atoms with Gasteiger partial charge in [-0.2, -0.15) is 0 Å². The van der Waals surface area contributed by atoms with Gasteiger partial charge in [-0.05, 0) is 29.3 Å². The molecule has 0 radical (unpaired) electrons. The molecule has 0 saturated carbocycles. The third kappa shape index (κ3) is 3.39. The van der Waals surface area contributed by atoms with Crippen molar-refractivity contribution in [3.05, 3.63) is 63.6 Å². The fourth-order valence-electron chi connectivity index (χ4n) is 1.55. The highest BCUT2D eigenvalue weighted by Crippen LogP contribution is 2.26. The van der Waals surface area contributed by atoms with E-state index in [9.17, 15) is 0 Å². The van der Waals surface area contributed by atoms with Crippen LogP contribution >= 0.6 is 23.2 Å². The van der Waals surface area contributed by atoms with Crippen LogP contribution in [0.2, 0.25) is 10.0 Å². The molecule has 2 aromatic rings. The van der Waals surface area contributed by atoms with Crippen molar-refractivity contribution >= 4 is 28.9 Å². The van der Waals surface area contributed by atoms with Crippen LogP contribution in [0.15, 0.2) is 42.5 Å². The molecular weight excluding hydrogens is 269 g/mol. The fourth-order valence-corrected chi connectivity index (χ4v) is 1.93. The Morgan fingerprint density at radius 3 is 2.39 bits per heavy atom. The molecule has 0 atom stereocenters. The number of ether oxygens (including phenoxy) is 1. The fraction of sp³-hybridized carbons (Fsp3) is 0.143. The van der Waals surface area contributed by atoms with E-state index in [-0.39, 0.29) is 0 Å². The van der Waals surface area contributed by atoms with Crippen LogP contribution in [0, 0.1) is 0 Å². The Morgan fingerprint density at radius 2 is 1.67 bits per heavy atom. The molecule has 18 heavy (non-hydrogen) atoms. The molecule has 94 valence electrons. The molecule has 0 fully saturated rings. The largest absolute Gasteiger partial charge is 0.399 e. The molecule has 0 heterocycles. The molecule has 2 rings (SSSR count). The summed E-state index contributed by atoms with van der Waals surface area (Å²) in [7, 11) is 0. The number of nitrogens with two attached hydrogens (primary N) is 1. The smallest absolute Gasteiger partial charge is 0.0736 e. The average molecular weight is 282 g/mol. The zero-order valence-corrected chi connectivity index (χ0v) is 11.2. The third-order valence-electron chi connectivity index (χ3n) is 2.54. The Bertz CT molecular complexity index is 526. The summed E-state index contributed by atoms with van der Waals surface area (Å²) in [4.78, 5) is 0. The molecule has 0 spiro atoms. The van der Waals surface area contributed by atoms with E-state index in [1.165, 1.54) is 0 Å². The summed E-state index contributed by atoms with van der Waals surface area (Å²) in [6.07, 6.45) is 0. The van der Waals surface area contributed by atoms with Gasteiger partial charge in [0.1, 0.15) is 0 Å². The number of nitrogen functional groups attached to an aromatic ring is 1. The van der Waals surface area contributed by atoms with Gasteiger partial charge in [0, 0.05) is 5.69 Å². The average Bonchev–Trinajstić information content (AvgIpc) is 2.37. The summed E-state index contributed by atoms with van der Waals surface area (Å²) >= 11 is 12.0. The van der Waals surface area contributed by atoms with Crippen molar-refractivity contribution in [2.75, 3.05) is 5.73 Å². The van der Waals surface area contributed by atoms with Crippen molar-refractivity contribution in [1.82, 2.24) is 0 Å². The highest BCUT2D eigenvalue weighted by atomic mass is 35.5. The second kappa shape index (κ2) is 6.10. The maximum Gasteiger partial charge on any atom is 0.0736 e. The van der Waals surface area contributed by atoms with Crippen LogP contribution in [0.5, 0.6) is 0 Å². The van der Waals surface area contributed by atoms with Gasteiger partial charge in [-0.15, -0.1) is 0 Å². The molecule has 2 N–H and O–H groups in total. The molecule has 0 bridgehead atoms. The molecule has 2 nitrogen and oxygen atoms in total. The molecule has 0 aromatic heterocycles. The predicted molar refractivity (Wildman–Crippen MR) is 75.8 cm³/mol. The molecular formula is C14H13Cl2NO. The van der Waals surface area contributed by atoms with E-state index in [0.717, 1.165) is 16.8 Å². The number of anilines is 1. The first-order chi connectivity index (χ1) is 8.66. The van der Waals surface area contributed by atoms with Gasteiger partial charge < -0.3 is 10.5 Å². The Kier molecular flexibility index (Phi) is 4.48. The van der Waals surface area contributed by atoms with Crippen LogP contribution < -0.4 is 5.73 Å². The van der Waals surface area contributed by atoms with E-state index in [0.29, 0.717) is 23.3 Å². The molecule has 0 amide bonds. The minimum absolute atomic E-state index is 0.434. The Hall–Kier alpha value is -1.22. The molecule has 2 aromatic carbocycles. The van der Waals surface area contributed by atoms with Crippen molar-refractivity contribution in [3.8, 4) is 0 Å². The lowest BCUT2D eigenvalue weighted by atomic mass is 10.2. The zero-order valence-electron chi connectivity index (χ0n) is 9.70. The SMILES string of the molecule is Nc1ccc(COCc2cccc(Cl)c2Cl)cc1. The van der Waals surface area contributed by atoms with Crippen LogP contribution in [0.1, 0.15) is 11.1 Å². The molecule has 0 aliphatic rings. The van der Waals surface area contributed by atoms with Crippen LogP contribution in [-0.2, 0) is 18.0 Å². The topological polar surface area (TPSA) is 35.2 Å². The standard InChI is InChI=1S/C14H13Cl2NO/c15-13-3-1-2-11(14(13)16)9-18-8-10-4-6-12(17)7-5-10/h1-7H,8-9,17H2. The van der Waals surface area contributed by atoms with Gasteiger partial charge in [-0.1, -0.05) is 47.5 Å². The van der Waals surface area contributed by atoms with Gasteiger partial charge >= 0.3 is 0 Å². The maximum absolute atomic E-state index is 6.07.